The van der Waals surface area contributed by atoms with Crippen LogP contribution in [0, 0.1) is 6.92 Å². The molecule has 0 bridgehead atoms. The molecule has 1 aromatic rings. The van der Waals surface area contributed by atoms with Crippen molar-refractivity contribution in [2.75, 3.05) is 5.73 Å². The predicted molar refractivity (Wildman–Crippen MR) is 54.8 cm³/mol. The molecule has 0 saturated carbocycles. The number of hydrogen-bond acceptors (Lipinski definition) is 3. The molecule has 1 atom stereocenters. The minimum absolute atomic E-state index is 0.104. The first-order valence-electron chi connectivity index (χ1n) is 4.34. The maximum Gasteiger partial charge on any atom is 0.305 e. The Morgan fingerprint density at radius 3 is 2.79 bits per heavy atom. The van der Waals surface area contributed by atoms with Gasteiger partial charge in [0.2, 0.25) is 0 Å². The summed E-state index contributed by atoms with van der Waals surface area (Å²) in [6.45, 7) is 1.91. The summed E-state index contributed by atoms with van der Waals surface area (Å²) in [6, 6.07) is 4.90. The molecule has 0 aliphatic carbocycles. The van der Waals surface area contributed by atoms with Crippen LogP contribution in [-0.2, 0) is 4.79 Å². The molecule has 1 aromatic carbocycles. The summed E-state index contributed by atoms with van der Waals surface area (Å²) in [4.78, 5) is 10.5. The van der Waals surface area contributed by atoms with Crippen molar-refractivity contribution in [3.63, 3.8) is 0 Å². The van der Waals surface area contributed by atoms with E-state index >= 15 is 0 Å². The van der Waals surface area contributed by atoms with E-state index in [1.165, 1.54) is 0 Å². The first kappa shape index (κ1) is 10.5. The minimum atomic E-state index is -0.918. The number of aryl methyl sites for hydroxylation is 1. The Kier molecular flexibility index (Phi) is 3.09. The Balaban J connectivity index is 2.93. The Hall–Kier alpha value is -1.55. The number of aliphatic carboxylic acids is 1. The zero-order chi connectivity index (χ0) is 10.7. The summed E-state index contributed by atoms with van der Waals surface area (Å²) in [5.74, 6) is -0.918. The minimum Gasteiger partial charge on any atom is -0.481 e. The van der Waals surface area contributed by atoms with Crippen LogP contribution < -0.4 is 11.5 Å². The molecule has 0 amide bonds. The number of benzene rings is 1. The van der Waals surface area contributed by atoms with Gasteiger partial charge in [0.15, 0.2) is 0 Å². The first-order valence-corrected chi connectivity index (χ1v) is 4.34. The van der Waals surface area contributed by atoms with Crippen LogP contribution >= 0.6 is 0 Å². The Morgan fingerprint density at radius 2 is 2.21 bits per heavy atom. The van der Waals surface area contributed by atoms with Crippen LogP contribution in [0.15, 0.2) is 18.2 Å². The molecule has 76 valence electrons. The Bertz CT molecular complexity index is 350. The summed E-state index contributed by atoms with van der Waals surface area (Å²) in [5, 5.41) is 8.58. The largest absolute Gasteiger partial charge is 0.481 e. The molecule has 0 aliphatic heterocycles. The average molecular weight is 194 g/mol. The van der Waals surface area contributed by atoms with E-state index < -0.39 is 12.0 Å². The molecule has 0 radical (unpaired) electrons. The van der Waals surface area contributed by atoms with Gasteiger partial charge in [0, 0.05) is 11.7 Å². The smallest absolute Gasteiger partial charge is 0.305 e. The predicted octanol–water partition coefficient (Wildman–Crippen LogP) is 1.05. The van der Waals surface area contributed by atoms with Crippen molar-refractivity contribution in [1.82, 2.24) is 0 Å². The van der Waals surface area contributed by atoms with Crippen molar-refractivity contribution < 1.29 is 9.90 Å². The second kappa shape index (κ2) is 4.11. The second-order valence-electron chi connectivity index (χ2n) is 3.34. The highest BCUT2D eigenvalue weighted by Crippen LogP contribution is 2.22. The zero-order valence-corrected chi connectivity index (χ0v) is 8.03. The molecule has 0 saturated heterocycles. The van der Waals surface area contributed by atoms with Crippen molar-refractivity contribution in [3.05, 3.63) is 29.3 Å². The molecule has 0 unspecified atom stereocenters. The molecule has 1 rings (SSSR count). The number of anilines is 1. The van der Waals surface area contributed by atoms with Gasteiger partial charge in [-0.3, -0.25) is 4.79 Å². The second-order valence-corrected chi connectivity index (χ2v) is 3.34. The van der Waals surface area contributed by atoms with Crippen molar-refractivity contribution >= 4 is 11.7 Å². The summed E-state index contributed by atoms with van der Waals surface area (Å²) in [5.41, 5.74) is 13.7. The number of hydrogen-bond donors (Lipinski definition) is 3. The Labute approximate surface area is 82.5 Å². The van der Waals surface area contributed by atoms with Crippen LogP contribution in [0.25, 0.3) is 0 Å². The SMILES string of the molecule is Cc1ccc(N)c([C@H](N)CC(=O)O)c1. The zero-order valence-electron chi connectivity index (χ0n) is 8.03. The number of rotatable bonds is 3. The van der Waals surface area contributed by atoms with Gasteiger partial charge >= 0.3 is 5.97 Å². The van der Waals surface area contributed by atoms with Crippen molar-refractivity contribution in [3.8, 4) is 0 Å². The van der Waals surface area contributed by atoms with E-state index in [-0.39, 0.29) is 6.42 Å². The molecule has 4 nitrogen and oxygen atoms in total. The van der Waals surface area contributed by atoms with Crippen LogP contribution in [0.5, 0.6) is 0 Å². The normalized spacial score (nSPS) is 12.4. The third kappa shape index (κ3) is 2.47. The molecule has 0 aromatic heterocycles. The van der Waals surface area contributed by atoms with Gasteiger partial charge in [-0.05, 0) is 18.6 Å². The van der Waals surface area contributed by atoms with Gasteiger partial charge in [-0.1, -0.05) is 17.7 Å². The molecule has 4 heteroatoms. The highest BCUT2D eigenvalue weighted by molar-refractivity contribution is 5.68. The fourth-order valence-corrected chi connectivity index (χ4v) is 1.31. The van der Waals surface area contributed by atoms with Crippen LogP contribution in [0.2, 0.25) is 0 Å². The monoisotopic (exact) mass is 194 g/mol. The summed E-state index contributed by atoms with van der Waals surface area (Å²) in [7, 11) is 0. The molecule has 0 aliphatic rings. The van der Waals surface area contributed by atoms with E-state index in [0.717, 1.165) is 5.56 Å². The lowest BCUT2D eigenvalue weighted by atomic mass is 10.0. The van der Waals surface area contributed by atoms with E-state index in [4.69, 9.17) is 16.6 Å². The van der Waals surface area contributed by atoms with E-state index in [9.17, 15) is 4.79 Å². The highest BCUT2D eigenvalue weighted by Gasteiger charge is 2.13. The van der Waals surface area contributed by atoms with Crippen LogP contribution in [0.1, 0.15) is 23.6 Å². The number of carboxylic acid groups (broad SMARTS) is 1. The van der Waals surface area contributed by atoms with E-state index in [0.29, 0.717) is 11.3 Å². The van der Waals surface area contributed by atoms with Crippen LogP contribution in [0.3, 0.4) is 0 Å². The molecule has 5 N–H and O–H groups in total. The summed E-state index contributed by atoms with van der Waals surface area (Å²) >= 11 is 0. The molecular formula is C10H14N2O2. The van der Waals surface area contributed by atoms with Crippen LogP contribution in [0.4, 0.5) is 5.69 Å². The fraction of sp³-hybridized carbons (Fsp3) is 0.300. The molecule has 0 heterocycles. The maximum atomic E-state index is 10.5. The third-order valence-corrected chi connectivity index (χ3v) is 2.04. The quantitative estimate of drug-likeness (QED) is 0.627. The Morgan fingerprint density at radius 1 is 1.57 bits per heavy atom. The molecule has 0 spiro atoms. The number of nitrogens with two attached hydrogens (primary N) is 2. The third-order valence-electron chi connectivity index (χ3n) is 2.04. The number of carbonyl (C=O) groups is 1. The molecule has 14 heavy (non-hydrogen) atoms. The highest BCUT2D eigenvalue weighted by atomic mass is 16.4. The lowest BCUT2D eigenvalue weighted by Crippen LogP contribution is -2.16. The van der Waals surface area contributed by atoms with E-state index in [2.05, 4.69) is 0 Å². The lowest BCUT2D eigenvalue weighted by Gasteiger charge is -2.12. The van der Waals surface area contributed by atoms with Crippen molar-refractivity contribution in [1.29, 1.82) is 0 Å². The fourth-order valence-electron chi connectivity index (χ4n) is 1.31. The molecule has 0 fully saturated rings. The van der Waals surface area contributed by atoms with Gasteiger partial charge in [0.25, 0.3) is 0 Å². The van der Waals surface area contributed by atoms with E-state index in [1.807, 2.05) is 19.1 Å². The topological polar surface area (TPSA) is 89.3 Å². The van der Waals surface area contributed by atoms with Gasteiger partial charge in [0.1, 0.15) is 0 Å². The first-order chi connectivity index (χ1) is 6.50. The van der Waals surface area contributed by atoms with Crippen molar-refractivity contribution in [2.24, 2.45) is 5.73 Å². The van der Waals surface area contributed by atoms with Gasteiger partial charge in [0.05, 0.1) is 6.42 Å². The van der Waals surface area contributed by atoms with E-state index in [1.54, 1.807) is 6.07 Å². The van der Waals surface area contributed by atoms with Gasteiger partial charge in [-0.25, -0.2) is 0 Å². The standard InChI is InChI=1S/C10H14N2O2/c1-6-2-3-8(11)7(4-6)9(12)5-10(13)14/h2-4,9H,5,11-12H2,1H3,(H,13,14)/t9-/m1/s1. The average Bonchev–Trinajstić information content (AvgIpc) is 2.08. The van der Waals surface area contributed by atoms with Gasteiger partial charge in [-0.2, -0.15) is 0 Å². The maximum absolute atomic E-state index is 10.5. The summed E-state index contributed by atoms with van der Waals surface area (Å²) in [6.07, 6.45) is -0.104. The number of carboxylic acids is 1. The summed E-state index contributed by atoms with van der Waals surface area (Å²) < 4.78 is 0. The number of nitrogen functional groups attached to an aromatic ring is 1. The lowest BCUT2D eigenvalue weighted by molar-refractivity contribution is -0.137. The molecular weight excluding hydrogens is 180 g/mol. The van der Waals surface area contributed by atoms with Gasteiger partial charge < -0.3 is 16.6 Å². The van der Waals surface area contributed by atoms with Gasteiger partial charge in [-0.15, -0.1) is 0 Å². The van der Waals surface area contributed by atoms with Crippen molar-refractivity contribution in [2.45, 2.75) is 19.4 Å². The van der Waals surface area contributed by atoms with Crippen LogP contribution in [-0.4, -0.2) is 11.1 Å².